The topological polar surface area (TPSA) is 78.8 Å². The summed E-state index contributed by atoms with van der Waals surface area (Å²) >= 11 is 0. The summed E-state index contributed by atoms with van der Waals surface area (Å²) in [6.45, 7) is 0.548. The van der Waals surface area contributed by atoms with Crippen molar-refractivity contribution < 1.29 is 9.13 Å². The van der Waals surface area contributed by atoms with Crippen molar-refractivity contribution >= 4 is 17.1 Å². The molecule has 0 aliphatic heterocycles. The zero-order chi connectivity index (χ0) is 14.8. The fourth-order valence-corrected chi connectivity index (χ4v) is 2.24. The first-order valence-corrected chi connectivity index (χ1v) is 6.44. The molecule has 0 saturated carbocycles. The molecule has 0 aliphatic rings. The molecule has 21 heavy (non-hydrogen) atoms. The number of aryl methyl sites for hydroxylation is 2. The Morgan fingerprint density at radius 3 is 2.95 bits per heavy atom. The van der Waals surface area contributed by atoms with E-state index in [9.17, 15) is 4.39 Å². The highest BCUT2D eigenvalue weighted by atomic mass is 19.1. The summed E-state index contributed by atoms with van der Waals surface area (Å²) in [6.07, 6.45) is 2.03. The van der Waals surface area contributed by atoms with E-state index >= 15 is 0 Å². The van der Waals surface area contributed by atoms with E-state index in [0.29, 0.717) is 36.0 Å². The Morgan fingerprint density at radius 1 is 1.33 bits per heavy atom. The Balaban J connectivity index is 1.92. The van der Waals surface area contributed by atoms with E-state index in [1.54, 1.807) is 10.6 Å². The molecule has 0 atom stereocenters. The minimum absolute atomic E-state index is 0.250. The van der Waals surface area contributed by atoms with E-state index in [1.165, 1.54) is 25.6 Å². The van der Waals surface area contributed by atoms with Crippen LogP contribution in [0.15, 0.2) is 30.6 Å². The Bertz CT molecular complexity index is 786. The molecule has 3 aromatic rings. The number of imidazole rings is 1. The predicted molar refractivity (Wildman–Crippen MR) is 76.4 cm³/mol. The van der Waals surface area contributed by atoms with Gasteiger partial charge in [0.05, 0.1) is 7.11 Å². The third-order valence-electron chi connectivity index (χ3n) is 3.23. The van der Waals surface area contributed by atoms with Crippen molar-refractivity contribution in [1.82, 2.24) is 19.5 Å². The molecule has 2 N–H and O–H groups in total. The van der Waals surface area contributed by atoms with Gasteiger partial charge < -0.3 is 10.5 Å². The summed E-state index contributed by atoms with van der Waals surface area (Å²) in [4.78, 5) is 12.4. The number of hydrogen-bond acceptors (Lipinski definition) is 5. The van der Waals surface area contributed by atoms with Gasteiger partial charge in [0, 0.05) is 6.54 Å². The Hall–Kier alpha value is -2.70. The van der Waals surface area contributed by atoms with Crippen LogP contribution in [0, 0.1) is 5.82 Å². The lowest BCUT2D eigenvalue weighted by atomic mass is 10.1. The van der Waals surface area contributed by atoms with E-state index in [1.807, 2.05) is 6.07 Å². The van der Waals surface area contributed by atoms with Crippen LogP contribution in [0.5, 0.6) is 5.88 Å². The number of fused-ring (bicyclic) bond motifs is 1. The normalized spacial score (nSPS) is 11.0. The molecule has 0 aliphatic carbocycles. The minimum Gasteiger partial charge on any atom is -0.479 e. The lowest BCUT2D eigenvalue weighted by molar-refractivity contribution is 0.401. The highest BCUT2D eigenvalue weighted by Crippen LogP contribution is 2.23. The van der Waals surface area contributed by atoms with Gasteiger partial charge in [0.1, 0.15) is 12.1 Å². The number of ether oxygens (including phenoxy) is 1. The molecule has 0 amide bonds. The number of nitrogens with zero attached hydrogens (tertiary/aromatic N) is 4. The van der Waals surface area contributed by atoms with Crippen molar-refractivity contribution in [3.63, 3.8) is 0 Å². The number of halogens is 1. The van der Waals surface area contributed by atoms with Gasteiger partial charge in [-0.25, -0.2) is 14.4 Å². The van der Waals surface area contributed by atoms with Crippen LogP contribution < -0.4 is 10.5 Å². The quantitative estimate of drug-likeness (QED) is 0.791. The van der Waals surface area contributed by atoms with E-state index in [2.05, 4.69) is 15.0 Å². The number of anilines is 1. The average molecular weight is 287 g/mol. The molecular weight excluding hydrogens is 273 g/mol. The van der Waals surface area contributed by atoms with Crippen molar-refractivity contribution in [2.75, 3.05) is 12.8 Å². The number of hydrogen-bond donors (Lipinski definition) is 1. The zero-order valence-electron chi connectivity index (χ0n) is 11.5. The van der Waals surface area contributed by atoms with Crippen LogP contribution in [0.25, 0.3) is 11.2 Å². The molecular formula is C14H14FN5O. The number of methoxy groups -OCH3 is 1. The van der Waals surface area contributed by atoms with Gasteiger partial charge in [-0.3, -0.25) is 4.57 Å². The molecule has 2 aromatic heterocycles. The zero-order valence-corrected chi connectivity index (χ0v) is 11.5. The number of aromatic nitrogens is 4. The first kappa shape index (κ1) is 13.3. The lowest BCUT2D eigenvalue weighted by Gasteiger charge is -2.06. The third-order valence-corrected chi connectivity index (χ3v) is 3.23. The maximum absolute atomic E-state index is 13.2. The molecule has 0 fully saturated rings. The van der Waals surface area contributed by atoms with Crippen molar-refractivity contribution in [2.45, 2.75) is 13.0 Å². The van der Waals surface area contributed by atoms with Crippen LogP contribution in [-0.4, -0.2) is 26.6 Å². The van der Waals surface area contributed by atoms with Gasteiger partial charge in [0.15, 0.2) is 11.2 Å². The van der Waals surface area contributed by atoms with Gasteiger partial charge in [-0.15, -0.1) is 0 Å². The number of nitrogen functional groups attached to an aromatic ring is 1. The summed E-state index contributed by atoms with van der Waals surface area (Å²) in [6, 6.07) is 6.48. The molecule has 6 nitrogen and oxygen atoms in total. The maximum Gasteiger partial charge on any atom is 0.245 e. The van der Waals surface area contributed by atoms with E-state index in [0.717, 1.165) is 5.56 Å². The van der Waals surface area contributed by atoms with Gasteiger partial charge in [-0.05, 0) is 24.1 Å². The van der Waals surface area contributed by atoms with Gasteiger partial charge in [-0.1, -0.05) is 12.1 Å². The molecule has 2 heterocycles. The number of nitrogens with two attached hydrogens (primary N) is 1. The summed E-state index contributed by atoms with van der Waals surface area (Å²) < 4.78 is 20.1. The molecule has 0 unspecified atom stereocenters. The Morgan fingerprint density at radius 2 is 2.19 bits per heavy atom. The maximum atomic E-state index is 13.2. The summed E-state index contributed by atoms with van der Waals surface area (Å²) in [5, 5.41) is 0. The van der Waals surface area contributed by atoms with E-state index in [-0.39, 0.29) is 5.82 Å². The summed E-state index contributed by atoms with van der Waals surface area (Å²) in [7, 11) is 1.52. The molecule has 0 saturated heterocycles. The van der Waals surface area contributed by atoms with Crippen molar-refractivity contribution in [3.05, 3.63) is 42.0 Å². The standard InChI is InChI=1S/C14H14FN5O/c1-21-13-11-12(17-8-18-13)20(14(16)19-11)6-5-9-3-2-4-10(15)7-9/h2-4,7-8H,5-6H2,1H3,(H2,16,19). The van der Waals surface area contributed by atoms with Crippen molar-refractivity contribution in [1.29, 1.82) is 0 Å². The summed E-state index contributed by atoms with van der Waals surface area (Å²) in [5.41, 5.74) is 7.94. The SMILES string of the molecule is COc1ncnc2c1nc(N)n2CCc1cccc(F)c1. The largest absolute Gasteiger partial charge is 0.479 e. The predicted octanol–water partition coefficient (Wildman–Crippen LogP) is 1.80. The Kier molecular flexibility index (Phi) is 3.39. The monoisotopic (exact) mass is 287 g/mol. The van der Waals surface area contributed by atoms with Gasteiger partial charge in [0.2, 0.25) is 11.8 Å². The molecule has 0 radical (unpaired) electrons. The first-order chi connectivity index (χ1) is 10.2. The van der Waals surface area contributed by atoms with Crippen LogP contribution in [0.4, 0.5) is 10.3 Å². The van der Waals surface area contributed by atoms with Crippen LogP contribution in [0.1, 0.15) is 5.56 Å². The smallest absolute Gasteiger partial charge is 0.245 e. The molecule has 0 spiro atoms. The fourth-order valence-electron chi connectivity index (χ4n) is 2.24. The van der Waals surface area contributed by atoms with E-state index in [4.69, 9.17) is 10.5 Å². The lowest BCUT2D eigenvalue weighted by Crippen LogP contribution is -2.06. The highest BCUT2D eigenvalue weighted by molar-refractivity contribution is 5.78. The third kappa shape index (κ3) is 2.49. The van der Waals surface area contributed by atoms with Crippen LogP contribution >= 0.6 is 0 Å². The molecule has 1 aromatic carbocycles. The van der Waals surface area contributed by atoms with Crippen molar-refractivity contribution in [3.8, 4) is 5.88 Å². The van der Waals surface area contributed by atoms with Gasteiger partial charge in [-0.2, -0.15) is 4.98 Å². The molecule has 7 heteroatoms. The molecule has 0 bridgehead atoms. The fraction of sp³-hybridized carbons (Fsp3) is 0.214. The summed E-state index contributed by atoms with van der Waals surface area (Å²) in [5.74, 6) is 0.469. The second-order valence-corrected chi connectivity index (χ2v) is 4.56. The molecule has 3 rings (SSSR count). The minimum atomic E-state index is -0.250. The second-order valence-electron chi connectivity index (χ2n) is 4.56. The van der Waals surface area contributed by atoms with E-state index < -0.39 is 0 Å². The first-order valence-electron chi connectivity index (χ1n) is 6.44. The van der Waals surface area contributed by atoms with Crippen LogP contribution in [0.2, 0.25) is 0 Å². The average Bonchev–Trinajstić information content (AvgIpc) is 2.80. The number of benzene rings is 1. The van der Waals surface area contributed by atoms with Crippen LogP contribution in [-0.2, 0) is 13.0 Å². The Labute approximate surface area is 120 Å². The van der Waals surface area contributed by atoms with Gasteiger partial charge >= 0.3 is 0 Å². The van der Waals surface area contributed by atoms with Crippen LogP contribution in [0.3, 0.4) is 0 Å². The van der Waals surface area contributed by atoms with Crippen molar-refractivity contribution in [2.24, 2.45) is 0 Å². The second kappa shape index (κ2) is 5.35. The van der Waals surface area contributed by atoms with Gasteiger partial charge in [0.25, 0.3) is 0 Å². The number of rotatable bonds is 4. The highest BCUT2D eigenvalue weighted by Gasteiger charge is 2.14. The molecule has 108 valence electrons.